The molecule has 5 amide bonds. The third-order valence-corrected chi connectivity index (χ3v) is 7.61. The van der Waals surface area contributed by atoms with E-state index in [1.165, 1.54) is 24.3 Å². The van der Waals surface area contributed by atoms with Gasteiger partial charge in [0.25, 0.3) is 17.6 Å². The van der Waals surface area contributed by atoms with E-state index in [-0.39, 0.29) is 42.4 Å². The number of hydrogen-bond donors (Lipinski definition) is 9. The summed E-state index contributed by atoms with van der Waals surface area (Å²) in [4.78, 5) is 76.9. The molecule has 18 heteroatoms. The molecule has 0 aliphatic carbocycles. The zero-order chi connectivity index (χ0) is 37.7. The molecule has 2 aromatic carbocycles. The van der Waals surface area contributed by atoms with E-state index in [0.29, 0.717) is 5.56 Å². The molecule has 3 rings (SSSR count). The van der Waals surface area contributed by atoms with Gasteiger partial charge in [0.05, 0.1) is 11.6 Å². The SMILES string of the molecule is CC(C)C[C@H](NC(=O)[C@@H](NC(=O)[C@@H](N)CNC(=O)c1nn[nH]n1)C(C)C)C(=O)N[C@@H](Cc1ccccc1)[C@@H](O)C(=O)Nc1cccc(C(=O)O)c1. The highest BCUT2D eigenvalue weighted by molar-refractivity contribution is 5.97. The number of carbonyl (C=O) groups is 6. The van der Waals surface area contributed by atoms with Gasteiger partial charge in [0.1, 0.15) is 18.1 Å². The van der Waals surface area contributed by atoms with Crippen LogP contribution in [0.5, 0.6) is 0 Å². The largest absolute Gasteiger partial charge is 0.478 e. The van der Waals surface area contributed by atoms with Crippen molar-refractivity contribution in [2.75, 3.05) is 11.9 Å². The lowest BCUT2D eigenvalue weighted by Crippen LogP contribution is -2.60. The van der Waals surface area contributed by atoms with Gasteiger partial charge in [0.2, 0.25) is 17.7 Å². The molecule has 0 aliphatic rings. The van der Waals surface area contributed by atoms with E-state index >= 15 is 0 Å². The molecule has 0 aliphatic heterocycles. The number of rotatable bonds is 18. The van der Waals surface area contributed by atoms with E-state index in [0.717, 1.165) is 0 Å². The van der Waals surface area contributed by atoms with Gasteiger partial charge in [-0.15, -0.1) is 10.2 Å². The van der Waals surface area contributed by atoms with Crippen LogP contribution in [-0.2, 0) is 25.6 Å². The summed E-state index contributed by atoms with van der Waals surface area (Å²) in [5.74, 6) is -5.71. The van der Waals surface area contributed by atoms with Crippen molar-refractivity contribution >= 4 is 41.2 Å². The Labute approximate surface area is 293 Å². The summed E-state index contributed by atoms with van der Waals surface area (Å²) in [6.45, 7) is 6.75. The zero-order valence-electron chi connectivity index (χ0n) is 28.6. The van der Waals surface area contributed by atoms with Gasteiger partial charge in [-0.1, -0.05) is 64.1 Å². The fraction of sp³-hybridized carbons (Fsp3) is 0.424. The number of nitrogens with one attached hydrogen (secondary N) is 6. The first-order valence-electron chi connectivity index (χ1n) is 16.2. The molecule has 0 fully saturated rings. The fourth-order valence-electron chi connectivity index (χ4n) is 4.91. The van der Waals surface area contributed by atoms with E-state index in [2.05, 4.69) is 47.2 Å². The monoisotopic (exact) mass is 708 g/mol. The molecule has 5 atom stereocenters. The van der Waals surface area contributed by atoms with Crippen LogP contribution in [0.25, 0.3) is 0 Å². The molecular weight excluding hydrogens is 664 g/mol. The number of aliphatic hydroxyl groups excluding tert-OH is 1. The molecule has 18 nitrogen and oxygen atoms in total. The number of aliphatic hydroxyl groups is 1. The Hall–Kier alpha value is -5.75. The van der Waals surface area contributed by atoms with Crippen LogP contribution >= 0.6 is 0 Å². The molecule has 274 valence electrons. The topological polar surface area (TPSA) is 284 Å². The number of hydrogen-bond acceptors (Lipinski definition) is 11. The predicted molar refractivity (Wildman–Crippen MR) is 183 cm³/mol. The van der Waals surface area contributed by atoms with Gasteiger partial charge >= 0.3 is 5.97 Å². The number of aromatic nitrogens is 4. The molecule has 0 saturated carbocycles. The molecule has 1 aromatic heterocycles. The average molecular weight is 709 g/mol. The minimum atomic E-state index is -1.79. The molecule has 10 N–H and O–H groups in total. The smallest absolute Gasteiger partial charge is 0.335 e. The van der Waals surface area contributed by atoms with Gasteiger partial charge in [-0.05, 0) is 53.7 Å². The van der Waals surface area contributed by atoms with Crippen molar-refractivity contribution in [3.05, 3.63) is 71.5 Å². The van der Waals surface area contributed by atoms with Crippen molar-refractivity contribution in [3.8, 4) is 0 Å². The lowest BCUT2D eigenvalue weighted by atomic mass is 9.97. The summed E-state index contributed by atoms with van der Waals surface area (Å²) >= 11 is 0. The third-order valence-electron chi connectivity index (χ3n) is 7.61. The summed E-state index contributed by atoms with van der Waals surface area (Å²) < 4.78 is 0. The van der Waals surface area contributed by atoms with Gasteiger partial charge in [-0.3, -0.25) is 24.0 Å². The molecule has 0 spiro atoms. The van der Waals surface area contributed by atoms with Crippen LogP contribution in [0, 0.1) is 11.8 Å². The maximum absolute atomic E-state index is 13.8. The van der Waals surface area contributed by atoms with Crippen LogP contribution < -0.4 is 32.3 Å². The fourth-order valence-corrected chi connectivity index (χ4v) is 4.91. The minimum absolute atomic E-state index is 0.0322. The van der Waals surface area contributed by atoms with E-state index in [1.807, 2.05) is 13.8 Å². The molecule has 51 heavy (non-hydrogen) atoms. The predicted octanol–water partition coefficient (Wildman–Crippen LogP) is -0.646. The quantitative estimate of drug-likeness (QED) is 0.0797. The number of nitrogens with two attached hydrogens (primary N) is 1. The molecule has 0 unspecified atom stereocenters. The average Bonchev–Trinajstić information content (AvgIpc) is 3.64. The minimum Gasteiger partial charge on any atom is -0.478 e. The first-order valence-corrected chi connectivity index (χ1v) is 16.2. The molecular formula is C33H44N10O8. The number of carboxylic acids is 1. The maximum atomic E-state index is 13.8. The molecule has 0 saturated heterocycles. The Morgan fingerprint density at radius 1 is 0.863 bits per heavy atom. The van der Waals surface area contributed by atoms with E-state index in [4.69, 9.17) is 5.73 Å². The summed E-state index contributed by atoms with van der Waals surface area (Å²) in [7, 11) is 0. The molecule has 0 radical (unpaired) electrons. The van der Waals surface area contributed by atoms with Crippen LogP contribution in [0.2, 0.25) is 0 Å². The van der Waals surface area contributed by atoms with Crippen LogP contribution in [0.3, 0.4) is 0 Å². The van der Waals surface area contributed by atoms with Crippen LogP contribution in [0.1, 0.15) is 60.7 Å². The van der Waals surface area contributed by atoms with E-state index in [1.54, 1.807) is 44.2 Å². The van der Waals surface area contributed by atoms with Gasteiger partial charge in [0.15, 0.2) is 6.10 Å². The van der Waals surface area contributed by atoms with Crippen molar-refractivity contribution in [2.45, 2.75) is 70.8 Å². The van der Waals surface area contributed by atoms with E-state index in [9.17, 15) is 39.0 Å². The lowest BCUT2D eigenvalue weighted by molar-refractivity contribution is -0.134. The first kappa shape index (κ1) is 39.7. The van der Waals surface area contributed by atoms with Crippen molar-refractivity contribution in [1.29, 1.82) is 0 Å². The van der Waals surface area contributed by atoms with Crippen LogP contribution in [0.15, 0.2) is 54.6 Å². The van der Waals surface area contributed by atoms with Crippen molar-refractivity contribution in [2.24, 2.45) is 17.6 Å². The number of H-pyrrole nitrogens is 1. The second-order valence-corrected chi connectivity index (χ2v) is 12.6. The second kappa shape index (κ2) is 18.9. The second-order valence-electron chi connectivity index (χ2n) is 12.6. The Balaban J connectivity index is 1.74. The number of amides is 5. The molecule has 0 bridgehead atoms. The summed E-state index contributed by atoms with van der Waals surface area (Å²) in [6.07, 6.45) is -1.59. The molecule has 1 heterocycles. The standard InChI is InChI=1S/C33H44N10O8/c1-17(2)13-24(38-30(47)25(18(3)4)39-28(45)22(34)16-35-32(49)27-40-42-43-41-27)29(46)37-23(14-19-9-6-5-7-10-19)26(44)31(48)36-21-12-8-11-20(15-21)33(50)51/h5-12,15,17-18,22-26,44H,13-14,16,34H2,1-4H3,(H,35,49)(H,36,48)(H,37,46)(H,38,47)(H,39,45)(H,50,51)(H,40,41,42,43)/t22-,23-,24-,25-,26+/m0/s1. The zero-order valence-corrected chi connectivity index (χ0v) is 28.6. The number of anilines is 1. The normalized spacial score (nSPS) is 14.0. The molecule has 3 aromatic rings. The highest BCUT2D eigenvalue weighted by Crippen LogP contribution is 2.15. The number of carbonyl (C=O) groups excluding carboxylic acids is 5. The van der Waals surface area contributed by atoms with Gasteiger partial charge < -0.3 is 42.5 Å². The van der Waals surface area contributed by atoms with Gasteiger partial charge in [0, 0.05) is 12.2 Å². The number of nitrogens with zero attached hydrogens (tertiary/aromatic N) is 3. The number of tetrazole rings is 1. The maximum Gasteiger partial charge on any atom is 0.335 e. The highest BCUT2D eigenvalue weighted by Gasteiger charge is 2.34. The highest BCUT2D eigenvalue weighted by atomic mass is 16.4. The summed E-state index contributed by atoms with van der Waals surface area (Å²) in [5.41, 5.74) is 6.70. The Bertz CT molecular complexity index is 1650. The number of aromatic amines is 1. The third kappa shape index (κ3) is 12.3. The Morgan fingerprint density at radius 2 is 1.57 bits per heavy atom. The van der Waals surface area contributed by atoms with Crippen molar-refractivity contribution in [1.82, 2.24) is 41.9 Å². The van der Waals surface area contributed by atoms with Gasteiger partial charge in [-0.25, -0.2) is 4.79 Å². The van der Waals surface area contributed by atoms with Crippen molar-refractivity contribution < 1.29 is 39.0 Å². The Morgan fingerprint density at radius 3 is 2.18 bits per heavy atom. The number of aromatic carboxylic acids is 1. The summed E-state index contributed by atoms with van der Waals surface area (Å²) in [6, 6.07) is 9.59. The number of carboxylic acid groups (broad SMARTS) is 1. The first-order chi connectivity index (χ1) is 24.2. The van der Waals surface area contributed by atoms with E-state index < -0.39 is 71.7 Å². The lowest BCUT2D eigenvalue weighted by Gasteiger charge is -2.29. The van der Waals surface area contributed by atoms with Crippen LogP contribution in [0.4, 0.5) is 5.69 Å². The van der Waals surface area contributed by atoms with Crippen LogP contribution in [-0.4, -0.2) is 103 Å². The van der Waals surface area contributed by atoms with Gasteiger partial charge in [-0.2, -0.15) is 5.21 Å². The van der Waals surface area contributed by atoms with Crippen molar-refractivity contribution in [3.63, 3.8) is 0 Å². The Kier molecular flexibility index (Phi) is 14.7. The summed E-state index contributed by atoms with van der Waals surface area (Å²) in [5, 5.41) is 45.9. The number of benzene rings is 2.